The Kier molecular flexibility index (Phi) is 4.07. The molecule has 1 rings (SSSR count). The molecule has 14 heavy (non-hydrogen) atoms. The average molecular weight is 197 g/mol. The van der Waals surface area contributed by atoms with Crippen molar-refractivity contribution >= 4 is 0 Å². The van der Waals surface area contributed by atoms with Gasteiger partial charge in [0, 0.05) is 12.3 Å². The van der Waals surface area contributed by atoms with Crippen molar-refractivity contribution in [2.45, 2.75) is 39.5 Å². The first-order chi connectivity index (χ1) is 6.63. The smallest absolute Gasteiger partial charge is 0.229 e. The Labute approximate surface area is 84.9 Å². The van der Waals surface area contributed by atoms with E-state index in [4.69, 9.17) is 10.3 Å². The van der Waals surface area contributed by atoms with Crippen LogP contribution in [0.2, 0.25) is 0 Å². The topological polar surface area (TPSA) is 64.9 Å². The number of hydrogen-bond acceptors (Lipinski definition) is 4. The fourth-order valence-electron chi connectivity index (χ4n) is 1.29. The SMILES string of the molecule is CC(C)Cc1noc(C(C)CCN)n1. The van der Waals surface area contributed by atoms with Gasteiger partial charge in [-0.3, -0.25) is 0 Å². The van der Waals surface area contributed by atoms with Gasteiger partial charge in [-0.05, 0) is 18.9 Å². The van der Waals surface area contributed by atoms with E-state index in [9.17, 15) is 0 Å². The van der Waals surface area contributed by atoms with Gasteiger partial charge < -0.3 is 10.3 Å². The van der Waals surface area contributed by atoms with Gasteiger partial charge in [-0.15, -0.1) is 0 Å². The normalized spacial score (nSPS) is 13.5. The highest BCUT2D eigenvalue weighted by Gasteiger charge is 2.13. The Morgan fingerprint density at radius 3 is 2.64 bits per heavy atom. The van der Waals surface area contributed by atoms with Gasteiger partial charge in [-0.25, -0.2) is 0 Å². The quantitative estimate of drug-likeness (QED) is 0.780. The molecular weight excluding hydrogens is 178 g/mol. The molecule has 0 aliphatic rings. The van der Waals surface area contributed by atoms with Crippen molar-refractivity contribution < 1.29 is 4.52 Å². The Bertz CT molecular complexity index is 270. The summed E-state index contributed by atoms with van der Waals surface area (Å²) in [5.74, 6) is 2.35. The van der Waals surface area contributed by atoms with E-state index in [1.165, 1.54) is 0 Å². The van der Waals surface area contributed by atoms with E-state index in [1.807, 2.05) is 0 Å². The Morgan fingerprint density at radius 2 is 2.07 bits per heavy atom. The number of rotatable bonds is 5. The van der Waals surface area contributed by atoms with Gasteiger partial charge in [0.15, 0.2) is 5.82 Å². The lowest BCUT2D eigenvalue weighted by Crippen LogP contribution is -2.05. The Balaban J connectivity index is 2.58. The second-order valence-corrected chi connectivity index (χ2v) is 4.13. The lowest BCUT2D eigenvalue weighted by molar-refractivity contribution is 0.349. The fourth-order valence-corrected chi connectivity index (χ4v) is 1.29. The predicted octanol–water partition coefficient (Wildman–Crippen LogP) is 1.72. The molecule has 0 aliphatic heterocycles. The molecule has 4 nitrogen and oxygen atoms in total. The number of aromatic nitrogens is 2. The van der Waals surface area contributed by atoms with Gasteiger partial charge in [0.25, 0.3) is 0 Å². The van der Waals surface area contributed by atoms with Crippen LogP contribution >= 0.6 is 0 Å². The van der Waals surface area contributed by atoms with Crippen LogP contribution in [0.1, 0.15) is 44.8 Å². The average Bonchev–Trinajstić information content (AvgIpc) is 2.52. The molecule has 0 saturated carbocycles. The largest absolute Gasteiger partial charge is 0.339 e. The third-order valence-corrected chi connectivity index (χ3v) is 2.10. The van der Waals surface area contributed by atoms with Crippen LogP contribution in [-0.4, -0.2) is 16.7 Å². The minimum Gasteiger partial charge on any atom is -0.339 e. The summed E-state index contributed by atoms with van der Waals surface area (Å²) in [6.07, 6.45) is 1.77. The summed E-state index contributed by atoms with van der Waals surface area (Å²) in [7, 11) is 0. The summed E-state index contributed by atoms with van der Waals surface area (Å²) in [5, 5.41) is 3.93. The zero-order chi connectivity index (χ0) is 10.6. The summed E-state index contributed by atoms with van der Waals surface area (Å²) in [6.45, 7) is 6.99. The molecule has 1 atom stereocenters. The first-order valence-corrected chi connectivity index (χ1v) is 5.16. The van der Waals surface area contributed by atoms with Crippen LogP contribution < -0.4 is 5.73 Å². The van der Waals surface area contributed by atoms with E-state index in [-0.39, 0.29) is 5.92 Å². The molecule has 80 valence electrons. The maximum Gasteiger partial charge on any atom is 0.229 e. The minimum absolute atomic E-state index is 0.272. The van der Waals surface area contributed by atoms with E-state index in [0.717, 1.165) is 18.7 Å². The monoisotopic (exact) mass is 197 g/mol. The Morgan fingerprint density at radius 1 is 1.36 bits per heavy atom. The second kappa shape index (κ2) is 5.10. The van der Waals surface area contributed by atoms with E-state index < -0.39 is 0 Å². The van der Waals surface area contributed by atoms with Crippen molar-refractivity contribution in [1.29, 1.82) is 0 Å². The van der Waals surface area contributed by atoms with E-state index in [0.29, 0.717) is 18.4 Å². The molecule has 0 spiro atoms. The summed E-state index contributed by atoms with van der Waals surface area (Å²) in [5.41, 5.74) is 5.46. The fraction of sp³-hybridized carbons (Fsp3) is 0.800. The zero-order valence-electron chi connectivity index (χ0n) is 9.16. The number of hydrogen-bond donors (Lipinski definition) is 1. The van der Waals surface area contributed by atoms with E-state index >= 15 is 0 Å². The number of nitrogens with two attached hydrogens (primary N) is 1. The predicted molar refractivity (Wildman–Crippen MR) is 54.9 cm³/mol. The first kappa shape index (κ1) is 11.2. The molecule has 1 aromatic heterocycles. The highest BCUT2D eigenvalue weighted by atomic mass is 16.5. The maximum absolute atomic E-state index is 5.46. The summed E-state index contributed by atoms with van der Waals surface area (Å²) in [4.78, 5) is 4.34. The minimum atomic E-state index is 0.272. The molecule has 1 unspecified atom stereocenters. The van der Waals surface area contributed by atoms with Crippen molar-refractivity contribution in [3.05, 3.63) is 11.7 Å². The van der Waals surface area contributed by atoms with Crippen LogP contribution in [0.15, 0.2) is 4.52 Å². The highest BCUT2D eigenvalue weighted by molar-refractivity contribution is 4.93. The molecule has 0 saturated heterocycles. The van der Waals surface area contributed by atoms with Crippen LogP contribution in [0, 0.1) is 5.92 Å². The van der Waals surface area contributed by atoms with Gasteiger partial charge in [-0.2, -0.15) is 4.98 Å². The van der Waals surface area contributed by atoms with Gasteiger partial charge in [-0.1, -0.05) is 25.9 Å². The summed E-state index contributed by atoms with van der Waals surface area (Å²) < 4.78 is 5.16. The van der Waals surface area contributed by atoms with Crippen molar-refractivity contribution in [3.8, 4) is 0 Å². The molecule has 2 N–H and O–H groups in total. The van der Waals surface area contributed by atoms with E-state index in [2.05, 4.69) is 30.9 Å². The van der Waals surface area contributed by atoms with Crippen molar-refractivity contribution in [1.82, 2.24) is 10.1 Å². The van der Waals surface area contributed by atoms with Crippen LogP contribution in [-0.2, 0) is 6.42 Å². The van der Waals surface area contributed by atoms with Crippen LogP contribution in [0.5, 0.6) is 0 Å². The van der Waals surface area contributed by atoms with Gasteiger partial charge in [0.2, 0.25) is 5.89 Å². The first-order valence-electron chi connectivity index (χ1n) is 5.16. The second-order valence-electron chi connectivity index (χ2n) is 4.13. The molecule has 0 amide bonds. The summed E-state index contributed by atoms with van der Waals surface area (Å²) in [6, 6.07) is 0. The van der Waals surface area contributed by atoms with Crippen molar-refractivity contribution in [3.63, 3.8) is 0 Å². The third-order valence-electron chi connectivity index (χ3n) is 2.10. The third kappa shape index (κ3) is 3.10. The number of nitrogens with zero attached hydrogens (tertiary/aromatic N) is 2. The maximum atomic E-state index is 5.46. The molecule has 0 radical (unpaired) electrons. The molecule has 0 bridgehead atoms. The van der Waals surface area contributed by atoms with Crippen LogP contribution in [0.25, 0.3) is 0 Å². The molecule has 4 heteroatoms. The van der Waals surface area contributed by atoms with E-state index in [1.54, 1.807) is 0 Å². The van der Waals surface area contributed by atoms with Gasteiger partial charge in [0.1, 0.15) is 0 Å². The molecule has 0 fully saturated rings. The van der Waals surface area contributed by atoms with Gasteiger partial charge in [0.05, 0.1) is 0 Å². The standard InChI is InChI=1S/C10H19N3O/c1-7(2)6-9-12-10(14-13-9)8(3)4-5-11/h7-8H,4-6,11H2,1-3H3. The van der Waals surface area contributed by atoms with Crippen molar-refractivity contribution in [2.75, 3.05) is 6.54 Å². The molecule has 0 aliphatic carbocycles. The van der Waals surface area contributed by atoms with Crippen molar-refractivity contribution in [2.24, 2.45) is 11.7 Å². The van der Waals surface area contributed by atoms with Gasteiger partial charge >= 0.3 is 0 Å². The zero-order valence-corrected chi connectivity index (χ0v) is 9.16. The molecule has 1 heterocycles. The van der Waals surface area contributed by atoms with Crippen LogP contribution in [0.4, 0.5) is 0 Å². The molecule has 0 aromatic carbocycles. The Hall–Kier alpha value is -0.900. The summed E-state index contributed by atoms with van der Waals surface area (Å²) >= 11 is 0. The lowest BCUT2D eigenvalue weighted by Gasteiger charge is -2.01. The molecular formula is C10H19N3O. The highest BCUT2D eigenvalue weighted by Crippen LogP contribution is 2.16. The lowest BCUT2D eigenvalue weighted by atomic mass is 10.1. The molecule has 1 aromatic rings. The van der Waals surface area contributed by atoms with Crippen LogP contribution in [0.3, 0.4) is 0 Å².